The highest BCUT2D eigenvalue weighted by Gasteiger charge is 2.30. The van der Waals surface area contributed by atoms with Crippen LogP contribution in [0.2, 0.25) is 5.02 Å². The minimum Gasteiger partial charge on any atom is -0.293 e. The van der Waals surface area contributed by atoms with Crippen molar-refractivity contribution in [1.82, 2.24) is 3.97 Å². The number of hydrogen-bond acceptors (Lipinski definition) is 3. The molecule has 0 N–H and O–H groups in total. The molecule has 1 unspecified atom stereocenters. The van der Waals surface area contributed by atoms with E-state index in [0.717, 1.165) is 46.9 Å². The van der Waals surface area contributed by atoms with Crippen LogP contribution in [0, 0.1) is 13.8 Å². The first kappa shape index (κ1) is 21.9. The minimum atomic E-state index is -3.74. The maximum Gasteiger partial charge on any atom is 0.268 e. The number of fused-ring (bicyclic) bond motifs is 3. The monoisotopic (exact) mass is 477 g/mol. The summed E-state index contributed by atoms with van der Waals surface area (Å²) in [6, 6.07) is 17.9. The lowest BCUT2D eigenvalue weighted by Crippen LogP contribution is -2.14. The molecular weight excluding hydrogens is 454 g/mol. The average molecular weight is 478 g/mol. The lowest BCUT2D eigenvalue weighted by atomic mass is 9.86. The highest BCUT2D eigenvalue weighted by molar-refractivity contribution is 7.90. The number of benzene rings is 3. The second-order valence-corrected chi connectivity index (χ2v) is 10.9. The second kappa shape index (κ2) is 8.15. The number of nitrogens with zero attached hydrogens (tertiary/aromatic N) is 1. The number of ketones is 1. The standard InChI is InChI=1S/C27H24ClNO3S/c1-17-9-11-19(12-10-17)33(31,32)29-16-15-22-21-6-3-7-23(20-5-4-8-25(28)18(20)2)27(30)24(21)13-14-26(22)29/h4-5,8-16,23H,3,6-7H2,1-2H3. The molecule has 3 aromatic carbocycles. The average Bonchev–Trinajstić information content (AvgIpc) is 3.17. The molecule has 5 rings (SSSR count). The highest BCUT2D eigenvalue weighted by atomic mass is 35.5. The molecule has 0 spiro atoms. The Hall–Kier alpha value is -2.89. The quantitative estimate of drug-likeness (QED) is 0.318. The summed E-state index contributed by atoms with van der Waals surface area (Å²) in [5, 5.41) is 1.48. The molecule has 6 heteroatoms. The first-order valence-corrected chi connectivity index (χ1v) is 12.9. The van der Waals surface area contributed by atoms with E-state index in [1.165, 1.54) is 3.97 Å². The van der Waals surface area contributed by atoms with Crippen molar-refractivity contribution in [3.8, 4) is 0 Å². The lowest BCUT2D eigenvalue weighted by Gasteiger charge is -2.17. The number of aryl methyl sites for hydroxylation is 2. The van der Waals surface area contributed by atoms with Crippen molar-refractivity contribution in [2.45, 2.75) is 43.9 Å². The van der Waals surface area contributed by atoms with Gasteiger partial charge in [-0.25, -0.2) is 12.4 Å². The van der Waals surface area contributed by atoms with Crippen LogP contribution in [-0.2, 0) is 16.4 Å². The lowest BCUT2D eigenvalue weighted by molar-refractivity contribution is 0.0957. The summed E-state index contributed by atoms with van der Waals surface area (Å²) in [5.74, 6) is -0.176. The van der Waals surface area contributed by atoms with Gasteiger partial charge >= 0.3 is 0 Å². The fourth-order valence-corrected chi connectivity index (χ4v) is 6.41. The van der Waals surface area contributed by atoms with Gasteiger partial charge in [0.05, 0.1) is 10.4 Å². The molecule has 0 amide bonds. The summed E-state index contributed by atoms with van der Waals surface area (Å²) in [7, 11) is -3.74. The molecule has 1 heterocycles. The molecule has 1 aliphatic rings. The van der Waals surface area contributed by atoms with Gasteiger partial charge in [0.15, 0.2) is 5.78 Å². The number of aromatic nitrogens is 1. The van der Waals surface area contributed by atoms with Gasteiger partial charge in [0.1, 0.15) is 0 Å². The second-order valence-electron chi connectivity index (χ2n) is 8.72. The first-order chi connectivity index (χ1) is 15.8. The Morgan fingerprint density at radius 1 is 0.970 bits per heavy atom. The fraction of sp³-hybridized carbons (Fsp3) is 0.222. The minimum absolute atomic E-state index is 0.0731. The zero-order valence-electron chi connectivity index (χ0n) is 18.5. The fourth-order valence-electron chi connectivity index (χ4n) is 4.89. The summed E-state index contributed by atoms with van der Waals surface area (Å²) in [6.07, 6.45) is 3.89. The van der Waals surface area contributed by atoms with Gasteiger partial charge in [0.2, 0.25) is 0 Å². The van der Waals surface area contributed by atoms with Crippen LogP contribution in [-0.4, -0.2) is 18.2 Å². The van der Waals surface area contributed by atoms with Crippen molar-refractivity contribution in [2.24, 2.45) is 0 Å². The van der Waals surface area contributed by atoms with E-state index < -0.39 is 10.0 Å². The molecule has 0 fully saturated rings. The van der Waals surface area contributed by atoms with Gasteiger partial charge in [-0.15, -0.1) is 0 Å². The Morgan fingerprint density at radius 2 is 1.73 bits per heavy atom. The Kier molecular flexibility index (Phi) is 5.42. The predicted octanol–water partition coefficient (Wildman–Crippen LogP) is 6.45. The molecule has 0 saturated carbocycles. The van der Waals surface area contributed by atoms with E-state index in [4.69, 9.17) is 11.6 Å². The summed E-state index contributed by atoms with van der Waals surface area (Å²) >= 11 is 6.33. The molecule has 4 aromatic rings. The van der Waals surface area contributed by atoms with Crippen molar-refractivity contribution in [3.63, 3.8) is 0 Å². The maximum atomic E-state index is 13.6. The third-order valence-electron chi connectivity index (χ3n) is 6.71. The van der Waals surface area contributed by atoms with Gasteiger partial charge in [0, 0.05) is 28.1 Å². The largest absolute Gasteiger partial charge is 0.293 e. The molecule has 1 atom stereocenters. The highest BCUT2D eigenvalue weighted by Crippen LogP contribution is 2.38. The van der Waals surface area contributed by atoms with Crippen LogP contribution < -0.4 is 0 Å². The zero-order valence-corrected chi connectivity index (χ0v) is 20.1. The van der Waals surface area contributed by atoms with Crippen LogP contribution in [0.15, 0.2) is 71.8 Å². The summed E-state index contributed by atoms with van der Waals surface area (Å²) in [4.78, 5) is 13.9. The Bertz CT molecular complexity index is 1500. The van der Waals surface area contributed by atoms with Gasteiger partial charge in [-0.2, -0.15) is 0 Å². The van der Waals surface area contributed by atoms with Crippen LogP contribution in [0.4, 0.5) is 0 Å². The molecule has 168 valence electrons. The SMILES string of the molecule is Cc1ccc(S(=O)(=O)n2ccc3c4c(ccc32)C(=O)C(c2cccc(Cl)c2C)CCC4)cc1. The Labute approximate surface area is 198 Å². The zero-order chi connectivity index (χ0) is 23.3. The number of Topliss-reactive ketones (excluding diaryl/α,β-unsaturated/α-hetero) is 1. The molecule has 0 aliphatic heterocycles. The molecule has 1 aliphatic carbocycles. The molecule has 0 radical (unpaired) electrons. The van der Waals surface area contributed by atoms with Gasteiger partial charge in [-0.1, -0.05) is 41.4 Å². The Morgan fingerprint density at radius 3 is 2.48 bits per heavy atom. The van der Waals surface area contributed by atoms with E-state index in [1.54, 1.807) is 42.6 Å². The molecule has 33 heavy (non-hydrogen) atoms. The summed E-state index contributed by atoms with van der Waals surface area (Å²) < 4.78 is 27.9. The predicted molar refractivity (Wildman–Crippen MR) is 132 cm³/mol. The van der Waals surface area contributed by atoms with E-state index >= 15 is 0 Å². The summed E-state index contributed by atoms with van der Waals surface area (Å²) in [6.45, 7) is 3.88. The van der Waals surface area contributed by atoms with Crippen molar-refractivity contribution in [1.29, 1.82) is 0 Å². The molecule has 1 aromatic heterocycles. The van der Waals surface area contributed by atoms with E-state index in [0.29, 0.717) is 16.1 Å². The first-order valence-electron chi connectivity index (χ1n) is 11.0. The number of halogens is 1. The topological polar surface area (TPSA) is 56.1 Å². The van der Waals surface area contributed by atoms with Gasteiger partial charge in [-0.05, 0) is 86.2 Å². The summed E-state index contributed by atoms with van der Waals surface area (Å²) in [5.41, 5.74) is 5.11. The van der Waals surface area contributed by atoms with E-state index in [-0.39, 0.29) is 16.6 Å². The molecular formula is C27H24ClNO3S. The van der Waals surface area contributed by atoms with Gasteiger partial charge < -0.3 is 0 Å². The molecule has 0 saturated heterocycles. The number of carbonyl (C=O) groups excluding carboxylic acids is 1. The number of carbonyl (C=O) groups is 1. The van der Waals surface area contributed by atoms with Gasteiger partial charge in [0.25, 0.3) is 10.0 Å². The molecule has 0 bridgehead atoms. The van der Waals surface area contributed by atoms with E-state index in [1.807, 2.05) is 38.1 Å². The Balaban J connectivity index is 1.61. The van der Waals surface area contributed by atoms with Crippen LogP contribution in [0.3, 0.4) is 0 Å². The smallest absolute Gasteiger partial charge is 0.268 e. The van der Waals surface area contributed by atoms with Gasteiger partial charge in [-0.3, -0.25) is 4.79 Å². The third kappa shape index (κ3) is 3.60. The van der Waals surface area contributed by atoms with Crippen LogP contribution >= 0.6 is 11.6 Å². The van der Waals surface area contributed by atoms with E-state index in [2.05, 4.69) is 0 Å². The van der Waals surface area contributed by atoms with E-state index in [9.17, 15) is 13.2 Å². The normalized spacial score (nSPS) is 16.6. The van der Waals surface area contributed by atoms with Crippen LogP contribution in [0.25, 0.3) is 10.9 Å². The van der Waals surface area contributed by atoms with Crippen LogP contribution in [0.1, 0.15) is 51.4 Å². The number of hydrogen-bond donors (Lipinski definition) is 0. The van der Waals surface area contributed by atoms with Crippen molar-refractivity contribution in [3.05, 3.63) is 99.7 Å². The maximum absolute atomic E-state index is 13.6. The third-order valence-corrected chi connectivity index (χ3v) is 8.83. The molecule has 4 nitrogen and oxygen atoms in total. The number of rotatable bonds is 3. The van der Waals surface area contributed by atoms with Crippen LogP contribution in [0.5, 0.6) is 0 Å². The van der Waals surface area contributed by atoms with Crippen molar-refractivity contribution >= 4 is 38.3 Å². The van der Waals surface area contributed by atoms with Crippen molar-refractivity contribution in [2.75, 3.05) is 0 Å². The van der Waals surface area contributed by atoms with Crippen molar-refractivity contribution < 1.29 is 13.2 Å².